The van der Waals surface area contributed by atoms with Crippen molar-refractivity contribution in [3.8, 4) is 16.9 Å². The Balaban J connectivity index is 1.73. The molecule has 3 aromatic carbocycles. The summed E-state index contributed by atoms with van der Waals surface area (Å²) in [7, 11) is -3.35. The third-order valence-corrected chi connectivity index (χ3v) is 5.35. The van der Waals surface area contributed by atoms with Crippen LogP contribution in [-0.2, 0) is 14.6 Å². The number of hydrogen-bond acceptors (Lipinski definition) is 4. The molecule has 0 aliphatic carbocycles. The van der Waals surface area contributed by atoms with Gasteiger partial charge in [-0.2, -0.15) is 0 Å². The molecule has 0 aliphatic heterocycles. The van der Waals surface area contributed by atoms with E-state index in [1.165, 1.54) is 12.1 Å². The van der Waals surface area contributed by atoms with Crippen LogP contribution in [0.3, 0.4) is 0 Å². The van der Waals surface area contributed by atoms with Crippen molar-refractivity contribution in [3.05, 3.63) is 78.4 Å². The topological polar surface area (TPSA) is 72.5 Å². The molecular formula is C22H21NO4S. The second kappa shape index (κ2) is 8.27. The molecule has 28 heavy (non-hydrogen) atoms. The lowest BCUT2D eigenvalue weighted by Crippen LogP contribution is -2.21. The van der Waals surface area contributed by atoms with Gasteiger partial charge in [-0.15, -0.1) is 0 Å². The Hall–Kier alpha value is -3.12. The van der Waals surface area contributed by atoms with Crippen LogP contribution in [0.4, 0.5) is 5.69 Å². The summed E-state index contributed by atoms with van der Waals surface area (Å²) in [6, 6.07) is 21.9. The number of benzene rings is 3. The zero-order chi connectivity index (χ0) is 20.1. The minimum atomic E-state index is -3.35. The molecule has 0 atom stereocenters. The van der Waals surface area contributed by atoms with Crippen molar-refractivity contribution in [2.24, 2.45) is 0 Å². The van der Waals surface area contributed by atoms with Gasteiger partial charge in [0.2, 0.25) is 0 Å². The van der Waals surface area contributed by atoms with Crippen molar-refractivity contribution in [1.29, 1.82) is 0 Å². The lowest BCUT2D eigenvalue weighted by Gasteiger charge is -2.13. The molecule has 6 heteroatoms. The molecule has 3 rings (SSSR count). The van der Waals surface area contributed by atoms with E-state index in [0.717, 1.165) is 22.9 Å². The number of sulfone groups is 1. The van der Waals surface area contributed by atoms with E-state index < -0.39 is 9.84 Å². The fraction of sp³-hybridized carbons (Fsp3) is 0.136. The molecule has 0 saturated heterocycles. The number of carbonyl (C=O) groups is 1. The molecule has 0 aliphatic rings. The predicted molar refractivity (Wildman–Crippen MR) is 110 cm³/mol. The fourth-order valence-corrected chi connectivity index (χ4v) is 3.39. The van der Waals surface area contributed by atoms with Gasteiger partial charge in [-0.25, -0.2) is 8.42 Å². The third-order valence-electron chi connectivity index (χ3n) is 4.24. The number of aryl methyl sites for hydroxylation is 1. The molecule has 0 aromatic heterocycles. The second-order valence-electron chi connectivity index (χ2n) is 6.45. The first-order valence-electron chi connectivity index (χ1n) is 8.72. The maximum Gasteiger partial charge on any atom is 0.262 e. The number of para-hydroxylation sites is 1. The SMILES string of the molecule is Cc1ccc(S(C)(=O)=O)cc1NC(=O)COc1ccccc1-c1ccccc1. The average Bonchev–Trinajstić information content (AvgIpc) is 2.68. The van der Waals surface area contributed by atoms with Crippen LogP contribution < -0.4 is 10.1 Å². The van der Waals surface area contributed by atoms with Gasteiger partial charge in [0, 0.05) is 17.5 Å². The van der Waals surface area contributed by atoms with Crippen LogP contribution in [0.2, 0.25) is 0 Å². The molecule has 144 valence electrons. The summed E-state index contributed by atoms with van der Waals surface area (Å²) in [5.74, 6) is 0.238. The van der Waals surface area contributed by atoms with Gasteiger partial charge in [-0.1, -0.05) is 54.6 Å². The Morgan fingerprint density at radius 2 is 1.64 bits per heavy atom. The molecule has 0 heterocycles. The molecule has 0 bridgehead atoms. The number of amides is 1. The van der Waals surface area contributed by atoms with E-state index >= 15 is 0 Å². The zero-order valence-corrected chi connectivity index (χ0v) is 16.5. The van der Waals surface area contributed by atoms with Crippen molar-refractivity contribution in [3.63, 3.8) is 0 Å². The molecule has 0 unspecified atom stereocenters. The summed E-state index contributed by atoms with van der Waals surface area (Å²) in [6.07, 6.45) is 1.13. The highest BCUT2D eigenvalue weighted by atomic mass is 32.2. The summed E-state index contributed by atoms with van der Waals surface area (Å²) in [4.78, 5) is 12.5. The number of ether oxygens (including phenoxy) is 1. The quantitative estimate of drug-likeness (QED) is 0.682. The largest absolute Gasteiger partial charge is 0.483 e. The summed E-state index contributed by atoms with van der Waals surface area (Å²) in [6.45, 7) is 1.61. The van der Waals surface area contributed by atoms with Crippen LogP contribution >= 0.6 is 0 Å². The van der Waals surface area contributed by atoms with Crippen LogP contribution in [0.15, 0.2) is 77.7 Å². The highest BCUT2D eigenvalue weighted by Gasteiger charge is 2.13. The Kier molecular flexibility index (Phi) is 5.80. The van der Waals surface area contributed by atoms with E-state index in [9.17, 15) is 13.2 Å². The monoisotopic (exact) mass is 395 g/mol. The first kappa shape index (κ1) is 19.6. The summed E-state index contributed by atoms with van der Waals surface area (Å²) < 4.78 is 29.2. The first-order valence-corrected chi connectivity index (χ1v) is 10.6. The Morgan fingerprint density at radius 1 is 0.964 bits per heavy atom. The number of hydrogen-bond donors (Lipinski definition) is 1. The smallest absolute Gasteiger partial charge is 0.262 e. The molecular weight excluding hydrogens is 374 g/mol. The van der Waals surface area contributed by atoms with Gasteiger partial charge < -0.3 is 10.1 Å². The van der Waals surface area contributed by atoms with Crippen molar-refractivity contribution in [1.82, 2.24) is 0 Å². The molecule has 1 N–H and O–H groups in total. The van der Waals surface area contributed by atoms with Crippen molar-refractivity contribution < 1.29 is 17.9 Å². The van der Waals surface area contributed by atoms with E-state index in [2.05, 4.69) is 5.32 Å². The van der Waals surface area contributed by atoms with Crippen molar-refractivity contribution >= 4 is 21.4 Å². The van der Waals surface area contributed by atoms with Gasteiger partial charge in [0.15, 0.2) is 16.4 Å². The van der Waals surface area contributed by atoms with Gasteiger partial charge in [-0.05, 0) is 36.2 Å². The van der Waals surface area contributed by atoms with Crippen LogP contribution in [0.5, 0.6) is 5.75 Å². The lowest BCUT2D eigenvalue weighted by molar-refractivity contribution is -0.118. The summed E-state index contributed by atoms with van der Waals surface area (Å²) in [5.41, 5.74) is 3.11. The maximum absolute atomic E-state index is 12.4. The highest BCUT2D eigenvalue weighted by molar-refractivity contribution is 7.90. The van der Waals surface area contributed by atoms with Gasteiger partial charge in [-0.3, -0.25) is 4.79 Å². The molecule has 0 spiro atoms. The molecule has 5 nitrogen and oxygen atoms in total. The molecule has 3 aromatic rings. The number of rotatable bonds is 6. The fourth-order valence-electron chi connectivity index (χ4n) is 2.74. The molecule has 0 radical (unpaired) electrons. The van der Waals surface area contributed by atoms with Crippen molar-refractivity contribution in [2.45, 2.75) is 11.8 Å². The van der Waals surface area contributed by atoms with Crippen molar-refractivity contribution in [2.75, 3.05) is 18.2 Å². The van der Waals surface area contributed by atoms with Crippen LogP contribution in [-0.4, -0.2) is 27.2 Å². The van der Waals surface area contributed by atoms with E-state index in [1.807, 2.05) is 54.6 Å². The van der Waals surface area contributed by atoms with Crippen LogP contribution in [0.1, 0.15) is 5.56 Å². The number of anilines is 1. The minimum Gasteiger partial charge on any atom is -0.483 e. The Labute approximate surface area is 164 Å². The third kappa shape index (κ3) is 4.78. The predicted octanol–water partition coefficient (Wildman–Crippen LogP) is 4.08. The van der Waals surface area contributed by atoms with E-state index in [4.69, 9.17) is 4.74 Å². The average molecular weight is 395 g/mol. The van der Waals surface area contributed by atoms with E-state index in [-0.39, 0.29) is 17.4 Å². The molecule has 0 fully saturated rings. The van der Waals surface area contributed by atoms with Gasteiger partial charge in [0.05, 0.1) is 4.90 Å². The molecule has 1 amide bonds. The standard InChI is InChI=1S/C22H21NO4S/c1-16-12-13-18(28(2,25)26)14-20(16)23-22(24)15-27-21-11-7-6-10-19(21)17-8-4-3-5-9-17/h3-14H,15H2,1-2H3,(H,23,24). The lowest BCUT2D eigenvalue weighted by atomic mass is 10.1. The number of nitrogens with one attached hydrogen (secondary N) is 1. The van der Waals surface area contributed by atoms with Crippen LogP contribution in [0, 0.1) is 6.92 Å². The van der Waals surface area contributed by atoms with Gasteiger partial charge in [0.25, 0.3) is 5.91 Å². The van der Waals surface area contributed by atoms with E-state index in [1.54, 1.807) is 13.0 Å². The second-order valence-corrected chi connectivity index (χ2v) is 8.46. The maximum atomic E-state index is 12.4. The molecule has 0 saturated carbocycles. The zero-order valence-electron chi connectivity index (χ0n) is 15.7. The Bertz CT molecular complexity index is 1090. The van der Waals surface area contributed by atoms with Gasteiger partial charge >= 0.3 is 0 Å². The first-order chi connectivity index (χ1) is 13.3. The summed E-state index contributed by atoms with van der Waals surface area (Å²) in [5, 5.41) is 2.72. The Morgan fingerprint density at radius 3 is 2.36 bits per heavy atom. The normalized spacial score (nSPS) is 11.1. The minimum absolute atomic E-state index is 0.156. The van der Waals surface area contributed by atoms with Crippen LogP contribution in [0.25, 0.3) is 11.1 Å². The highest BCUT2D eigenvalue weighted by Crippen LogP contribution is 2.29. The van der Waals surface area contributed by atoms with Gasteiger partial charge in [0.1, 0.15) is 5.75 Å². The number of carbonyl (C=O) groups excluding carboxylic acids is 1. The summed E-state index contributed by atoms with van der Waals surface area (Å²) >= 11 is 0. The van der Waals surface area contributed by atoms with E-state index in [0.29, 0.717) is 11.4 Å².